The zero-order chi connectivity index (χ0) is 13.1. The molecule has 0 atom stereocenters. The minimum absolute atomic E-state index is 0.0380. The lowest BCUT2D eigenvalue weighted by Crippen LogP contribution is -2.29. The van der Waals surface area contributed by atoms with Crippen LogP contribution in [-0.2, 0) is 14.8 Å². The van der Waals surface area contributed by atoms with E-state index >= 15 is 0 Å². The molecule has 0 spiro atoms. The summed E-state index contributed by atoms with van der Waals surface area (Å²) in [7, 11) is -2.21. The van der Waals surface area contributed by atoms with Crippen LogP contribution in [0.3, 0.4) is 0 Å². The van der Waals surface area contributed by atoms with Gasteiger partial charge in [0.1, 0.15) is 0 Å². The first-order valence-electron chi connectivity index (χ1n) is 4.78. The van der Waals surface area contributed by atoms with Gasteiger partial charge < -0.3 is 5.11 Å². The molecule has 0 saturated carbocycles. The maximum atomic E-state index is 12.0. The van der Waals surface area contributed by atoms with Crippen LogP contribution in [0, 0.1) is 3.57 Å². The summed E-state index contributed by atoms with van der Waals surface area (Å²) in [6.07, 6.45) is -0.208. The van der Waals surface area contributed by atoms with Gasteiger partial charge in [0.15, 0.2) is 0 Å². The number of carboxylic acid groups (broad SMARTS) is 1. The maximum absolute atomic E-state index is 12.0. The molecule has 0 heterocycles. The van der Waals surface area contributed by atoms with Crippen LogP contribution in [0.5, 0.6) is 0 Å². The monoisotopic (exact) mass is 369 g/mol. The summed E-state index contributed by atoms with van der Waals surface area (Å²) in [5, 5.41) is 8.51. The topological polar surface area (TPSA) is 74.7 Å². The lowest BCUT2D eigenvalue weighted by molar-refractivity contribution is -0.137. The molecule has 1 N–H and O–H groups in total. The minimum atomic E-state index is -3.58. The van der Waals surface area contributed by atoms with Gasteiger partial charge in [-0.2, -0.15) is 0 Å². The third kappa shape index (κ3) is 3.93. The van der Waals surface area contributed by atoms with E-state index in [1.54, 1.807) is 12.1 Å². The molecule has 0 saturated heterocycles. The van der Waals surface area contributed by atoms with E-state index in [2.05, 4.69) is 22.6 Å². The van der Waals surface area contributed by atoms with E-state index in [-0.39, 0.29) is 17.9 Å². The van der Waals surface area contributed by atoms with E-state index in [0.29, 0.717) is 0 Å². The number of halogens is 1. The summed E-state index contributed by atoms with van der Waals surface area (Å²) in [4.78, 5) is 10.6. The van der Waals surface area contributed by atoms with Crippen molar-refractivity contribution in [2.45, 2.75) is 11.3 Å². The summed E-state index contributed by atoms with van der Waals surface area (Å²) < 4.78 is 26.0. The standard InChI is InChI=1S/C10H12INO4S/c1-12(7-6-10(13)14)17(15,16)9-4-2-8(11)3-5-9/h2-5H,6-7H2,1H3,(H,13,14). The Bertz CT molecular complexity index is 498. The predicted octanol–water partition coefficient (Wildman–Crippen LogP) is 1.39. The molecule has 1 rings (SSSR count). The van der Waals surface area contributed by atoms with Gasteiger partial charge in [-0.1, -0.05) is 0 Å². The second kappa shape index (κ2) is 5.78. The average molecular weight is 369 g/mol. The highest BCUT2D eigenvalue weighted by Crippen LogP contribution is 2.16. The third-order valence-corrected chi connectivity index (χ3v) is 4.75. The number of sulfonamides is 1. The Morgan fingerprint density at radius 3 is 2.35 bits per heavy atom. The third-order valence-electron chi connectivity index (χ3n) is 2.16. The summed E-state index contributed by atoms with van der Waals surface area (Å²) in [6.45, 7) is -0.0380. The number of carbonyl (C=O) groups is 1. The zero-order valence-corrected chi connectivity index (χ0v) is 12.1. The molecular formula is C10H12INO4S. The van der Waals surface area contributed by atoms with Gasteiger partial charge in [-0.25, -0.2) is 12.7 Å². The fourth-order valence-electron chi connectivity index (χ4n) is 1.16. The first-order valence-corrected chi connectivity index (χ1v) is 7.29. The predicted molar refractivity (Wildman–Crippen MR) is 71.2 cm³/mol. The van der Waals surface area contributed by atoms with Crippen LogP contribution in [0.15, 0.2) is 29.2 Å². The minimum Gasteiger partial charge on any atom is -0.481 e. The molecular weight excluding hydrogens is 357 g/mol. The highest BCUT2D eigenvalue weighted by Gasteiger charge is 2.20. The zero-order valence-electron chi connectivity index (χ0n) is 9.13. The van der Waals surface area contributed by atoms with E-state index in [4.69, 9.17) is 5.11 Å². The quantitative estimate of drug-likeness (QED) is 0.796. The van der Waals surface area contributed by atoms with Gasteiger partial charge in [0.05, 0.1) is 11.3 Å². The van der Waals surface area contributed by atoms with Crippen molar-refractivity contribution in [2.75, 3.05) is 13.6 Å². The molecule has 0 aliphatic heterocycles. The number of carboxylic acids is 1. The van der Waals surface area contributed by atoms with Gasteiger partial charge in [-0.3, -0.25) is 4.79 Å². The van der Waals surface area contributed by atoms with E-state index in [0.717, 1.165) is 7.88 Å². The van der Waals surface area contributed by atoms with Crippen LogP contribution in [0.1, 0.15) is 6.42 Å². The molecule has 0 radical (unpaired) electrons. The Morgan fingerprint density at radius 2 is 1.88 bits per heavy atom. The molecule has 0 aromatic heterocycles. The molecule has 5 nitrogen and oxygen atoms in total. The molecule has 0 fully saturated rings. The molecule has 1 aromatic carbocycles. The van der Waals surface area contributed by atoms with E-state index in [1.165, 1.54) is 19.2 Å². The smallest absolute Gasteiger partial charge is 0.304 e. The van der Waals surface area contributed by atoms with Crippen molar-refractivity contribution < 1.29 is 18.3 Å². The SMILES string of the molecule is CN(CCC(=O)O)S(=O)(=O)c1ccc(I)cc1. The molecule has 0 amide bonds. The fourth-order valence-corrected chi connectivity index (χ4v) is 2.69. The van der Waals surface area contributed by atoms with Crippen LogP contribution < -0.4 is 0 Å². The Balaban J connectivity index is 2.87. The first kappa shape index (κ1) is 14.4. The Labute approximate surface area is 114 Å². The van der Waals surface area contributed by atoms with E-state index in [9.17, 15) is 13.2 Å². The number of hydrogen-bond acceptors (Lipinski definition) is 3. The number of nitrogens with zero attached hydrogens (tertiary/aromatic N) is 1. The average Bonchev–Trinajstić information content (AvgIpc) is 2.26. The highest BCUT2D eigenvalue weighted by molar-refractivity contribution is 14.1. The number of hydrogen-bond donors (Lipinski definition) is 1. The normalized spacial score (nSPS) is 11.7. The van der Waals surface area contributed by atoms with Gasteiger partial charge in [-0.15, -0.1) is 0 Å². The Hall–Kier alpha value is -0.670. The number of rotatable bonds is 5. The molecule has 94 valence electrons. The van der Waals surface area contributed by atoms with E-state index < -0.39 is 16.0 Å². The summed E-state index contributed by atoms with van der Waals surface area (Å²) >= 11 is 2.08. The molecule has 1 aromatic rings. The summed E-state index contributed by atoms with van der Waals surface area (Å²) in [5.74, 6) is -1.02. The van der Waals surface area contributed by atoms with Crippen molar-refractivity contribution in [1.29, 1.82) is 0 Å². The van der Waals surface area contributed by atoms with Crippen molar-refractivity contribution >= 4 is 38.6 Å². The molecule has 0 aliphatic carbocycles. The summed E-state index contributed by atoms with van der Waals surface area (Å²) in [5.41, 5.74) is 0. The second-order valence-corrected chi connectivity index (χ2v) is 6.71. The van der Waals surface area contributed by atoms with Crippen LogP contribution in [-0.4, -0.2) is 37.4 Å². The molecule has 0 aliphatic rings. The lowest BCUT2D eigenvalue weighted by atomic mass is 10.4. The van der Waals surface area contributed by atoms with Crippen LogP contribution in [0.4, 0.5) is 0 Å². The number of benzene rings is 1. The Kier molecular flexibility index (Phi) is 4.90. The maximum Gasteiger partial charge on any atom is 0.304 e. The lowest BCUT2D eigenvalue weighted by Gasteiger charge is -2.16. The van der Waals surface area contributed by atoms with Crippen molar-refractivity contribution in [3.05, 3.63) is 27.8 Å². The van der Waals surface area contributed by atoms with Crippen molar-refractivity contribution in [3.63, 3.8) is 0 Å². The second-order valence-electron chi connectivity index (χ2n) is 3.42. The first-order chi connectivity index (χ1) is 7.84. The Morgan fingerprint density at radius 1 is 1.35 bits per heavy atom. The molecule has 0 bridgehead atoms. The van der Waals surface area contributed by atoms with Gasteiger partial charge in [0, 0.05) is 17.2 Å². The van der Waals surface area contributed by atoms with Gasteiger partial charge in [-0.05, 0) is 46.9 Å². The largest absolute Gasteiger partial charge is 0.481 e. The van der Waals surface area contributed by atoms with Gasteiger partial charge in [0.25, 0.3) is 0 Å². The van der Waals surface area contributed by atoms with Crippen LogP contribution >= 0.6 is 22.6 Å². The van der Waals surface area contributed by atoms with E-state index in [1.807, 2.05) is 0 Å². The van der Waals surface area contributed by atoms with Gasteiger partial charge >= 0.3 is 5.97 Å². The van der Waals surface area contributed by atoms with Crippen LogP contribution in [0.2, 0.25) is 0 Å². The fraction of sp³-hybridized carbons (Fsp3) is 0.300. The van der Waals surface area contributed by atoms with Crippen LogP contribution in [0.25, 0.3) is 0 Å². The van der Waals surface area contributed by atoms with Crippen molar-refractivity contribution in [1.82, 2.24) is 4.31 Å². The summed E-state index contributed by atoms with van der Waals surface area (Å²) in [6, 6.07) is 6.40. The molecule has 0 unspecified atom stereocenters. The van der Waals surface area contributed by atoms with Gasteiger partial charge in [0.2, 0.25) is 10.0 Å². The van der Waals surface area contributed by atoms with Crippen molar-refractivity contribution in [2.24, 2.45) is 0 Å². The highest BCUT2D eigenvalue weighted by atomic mass is 127. The van der Waals surface area contributed by atoms with Crippen molar-refractivity contribution in [3.8, 4) is 0 Å². The molecule has 7 heteroatoms. The number of aliphatic carboxylic acids is 1. The molecule has 17 heavy (non-hydrogen) atoms.